The van der Waals surface area contributed by atoms with Crippen molar-refractivity contribution in [2.24, 2.45) is 5.92 Å². The maximum absolute atomic E-state index is 3.48. The lowest BCUT2D eigenvalue weighted by Gasteiger charge is -2.07. The van der Waals surface area contributed by atoms with Gasteiger partial charge in [-0.05, 0) is 54.6 Å². The fraction of sp³-hybridized carbons (Fsp3) is 0.444. The average molecular weight is 270 g/mol. The van der Waals surface area contributed by atoms with Gasteiger partial charge in [-0.2, -0.15) is 0 Å². The second kappa shape index (κ2) is 6.76. The summed E-state index contributed by atoms with van der Waals surface area (Å²) >= 11 is 0. The number of hydrogen-bond acceptors (Lipinski definition) is 1. The Labute approximate surface area is 122 Å². The van der Waals surface area contributed by atoms with Gasteiger partial charge in [-0.25, -0.2) is 0 Å². The van der Waals surface area contributed by atoms with Crippen molar-refractivity contribution in [3.63, 3.8) is 0 Å². The van der Waals surface area contributed by atoms with Crippen LogP contribution in [0.25, 0.3) is 0 Å². The monoisotopic (exact) mass is 270 g/mol. The summed E-state index contributed by atoms with van der Waals surface area (Å²) in [6.45, 7) is 11.8. The van der Waals surface area contributed by atoms with E-state index in [4.69, 9.17) is 0 Å². The van der Waals surface area contributed by atoms with Crippen LogP contribution in [0, 0.1) is 19.8 Å². The number of benzene rings is 1. The highest BCUT2D eigenvalue weighted by Gasteiger charge is 2.01. The van der Waals surface area contributed by atoms with Gasteiger partial charge in [0.2, 0.25) is 0 Å². The first-order valence-electron chi connectivity index (χ1n) is 7.46. The maximum Gasteiger partial charge on any atom is 0.0470 e. The Morgan fingerprint density at radius 3 is 2.55 bits per heavy atom. The lowest BCUT2D eigenvalue weighted by atomic mass is 10.1. The highest BCUT2D eigenvalue weighted by atomic mass is 14.9. The Kier molecular flexibility index (Phi) is 5.02. The predicted octanol–water partition coefficient (Wildman–Crippen LogP) is 3.90. The minimum absolute atomic E-state index is 0.701. The number of aryl methyl sites for hydroxylation is 2. The molecule has 0 radical (unpaired) electrons. The average Bonchev–Trinajstić information content (AvgIpc) is 2.81. The zero-order valence-electron chi connectivity index (χ0n) is 13.1. The lowest BCUT2D eigenvalue weighted by Crippen LogP contribution is -2.18. The number of hydrogen-bond donors (Lipinski definition) is 1. The SMILES string of the molecule is Cc1ccc(Cn2ccc(CNCC(C)C)c2)cc1C. The second-order valence-electron chi connectivity index (χ2n) is 6.14. The Hall–Kier alpha value is -1.54. The van der Waals surface area contributed by atoms with Crippen LogP contribution in [0.5, 0.6) is 0 Å². The topological polar surface area (TPSA) is 17.0 Å². The molecule has 1 aromatic carbocycles. The van der Waals surface area contributed by atoms with E-state index in [2.05, 4.69) is 74.2 Å². The smallest absolute Gasteiger partial charge is 0.0470 e. The van der Waals surface area contributed by atoms with Gasteiger partial charge in [-0.1, -0.05) is 32.0 Å². The van der Waals surface area contributed by atoms with Crippen molar-refractivity contribution in [3.05, 3.63) is 58.9 Å². The van der Waals surface area contributed by atoms with E-state index in [0.717, 1.165) is 19.6 Å². The van der Waals surface area contributed by atoms with E-state index in [9.17, 15) is 0 Å². The van der Waals surface area contributed by atoms with Gasteiger partial charge in [0.15, 0.2) is 0 Å². The van der Waals surface area contributed by atoms with Gasteiger partial charge >= 0.3 is 0 Å². The highest BCUT2D eigenvalue weighted by molar-refractivity contribution is 5.30. The fourth-order valence-electron chi connectivity index (χ4n) is 2.31. The molecule has 20 heavy (non-hydrogen) atoms. The standard InChI is InChI=1S/C18H26N2/c1-14(2)10-19-11-18-7-8-20(13-18)12-17-6-5-15(3)16(4)9-17/h5-9,13-14,19H,10-12H2,1-4H3. The van der Waals surface area contributed by atoms with E-state index in [1.807, 2.05) is 0 Å². The molecule has 0 fully saturated rings. The molecular formula is C18H26N2. The van der Waals surface area contributed by atoms with Gasteiger partial charge in [0.25, 0.3) is 0 Å². The van der Waals surface area contributed by atoms with Crippen LogP contribution < -0.4 is 5.32 Å². The van der Waals surface area contributed by atoms with E-state index in [-0.39, 0.29) is 0 Å². The molecule has 1 heterocycles. The van der Waals surface area contributed by atoms with Crippen molar-refractivity contribution in [1.29, 1.82) is 0 Å². The van der Waals surface area contributed by atoms with E-state index >= 15 is 0 Å². The third-order valence-electron chi connectivity index (χ3n) is 3.63. The molecule has 1 N–H and O–H groups in total. The molecular weight excluding hydrogens is 244 g/mol. The Bertz CT molecular complexity index is 552. The van der Waals surface area contributed by atoms with E-state index < -0.39 is 0 Å². The number of rotatable bonds is 6. The molecule has 108 valence electrons. The molecule has 2 heteroatoms. The summed E-state index contributed by atoms with van der Waals surface area (Å²) in [5.74, 6) is 0.701. The first-order valence-corrected chi connectivity index (χ1v) is 7.46. The van der Waals surface area contributed by atoms with Gasteiger partial charge in [0.1, 0.15) is 0 Å². The molecule has 2 aromatic rings. The van der Waals surface area contributed by atoms with E-state index in [0.29, 0.717) is 5.92 Å². The third-order valence-corrected chi connectivity index (χ3v) is 3.63. The molecule has 0 saturated carbocycles. The Morgan fingerprint density at radius 2 is 1.85 bits per heavy atom. The quantitative estimate of drug-likeness (QED) is 0.842. The van der Waals surface area contributed by atoms with Crippen LogP contribution in [0.4, 0.5) is 0 Å². The van der Waals surface area contributed by atoms with Crippen LogP contribution in [0.1, 0.15) is 36.1 Å². The van der Waals surface area contributed by atoms with Crippen LogP contribution in [0.2, 0.25) is 0 Å². The normalized spacial score (nSPS) is 11.2. The van der Waals surface area contributed by atoms with Gasteiger partial charge < -0.3 is 9.88 Å². The number of nitrogens with zero attached hydrogens (tertiary/aromatic N) is 1. The summed E-state index contributed by atoms with van der Waals surface area (Å²) in [5, 5.41) is 3.48. The van der Waals surface area contributed by atoms with Crippen LogP contribution in [0.3, 0.4) is 0 Å². The van der Waals surface area contributed by atoms with Crippen molar-refractivity contribution in [2.45, 2.75) is 40.8 Å². The summed E-state index contributed by atoms with van der Waals surface area (Å²) < 4.78 is 2.26. The number of aromatic nitrogens is 1. The summed E-state index contributed by atoms with van der Waals surface area (Å²) in [6.07, 6.45) is 4.41. The first kappa shape index (κ1) is 14.9. The first-order chi connectivity index (χ1) is 9.54. The van der Waals surface area contributed by atoms with Crippen LogP contribution >= 0.6 is 0 Å². The molecule has 2 rings (SSSR count). The Morgan fingerprint density at radius 1 is 1.05 bits per heavy atom. The van der Waals surface area contributed by atoms with E-state index in [1.165, 1.54) is 22.3 Å². The Balaban J connectivity index is 1.93. The van der Waals surface area contributed by atoms with Crippen LogP contribution in [-0.4, -0.2) is 11.1 Å². The molecule has 0 saturated heterocycles. The summed E-state index contributed by atoms with van der Waals surface area (Å²) in [4.78, 5) is 0. The lowest BCUT2D eigenvalue weighted by molar-refractivity contribution is 0.552. The molecule has 0 aliphatic carbocycles. The predicted molar refractivity (Wildman–Crippen MR) is 86.0 cm³/mol. The zero-order valence-corrected chi connectivity index (χ0v) is 13.1. The minimum atomic E-state index is 0.701. The van der Waals surface area contributed by atoms with Crippen molar-refractivity contribution < 1.29 is 0 Å². The molecule has 0 aliphatic rings. The van der Waals surface area contributed by atoms with E-state index in [1.54, 1.807) is 0 Å². The second-order valence-corrected chi connectivity index (χ2v) is 6.14. The van der Waals surface area contributed by atoms with Crippen molar-refractivity contribution in [2.75, 3.05) is 6.54 Å². The summed E-state index contributed by atoms with van der Waals surface area (Å²) in [7, 11) is 0. The highest BCUT2D eigenvalue weighted by Crippen LogP contribution is 2.12. The van der Waals surface area contributed by atoms with Crippen molar-refractivity contribution in [1.82, 2.24) is 9.88 Å². The third kappa shape index (κ3) is 4.24. The van der Waals surface area contributed by atoms with Gasteiger partial charge in [0.05, 0.1) is 0 Å². The fourth-order valence-corrected chi connectivity index (χ4v) is 2.31. The summed E-state index contributed by atoms with van der Waals surface area (Å²) in [6, 6.07) is 8.92. The van der Waals surface area contributed by atoms with Gasteiger partial charge in [-0.3, -0.25) is 0 Å². The molecule has 1 aromatic heterocycles. The molecule has 0 aliphatic heterocycles. The molecule has 0 amide bonds. The molecule has 0 unspecified atom stereocenters. The minimum Gasteiger partial charge on any atom is -0.350 e. The largest absolute Gasteiger partial charge is 0.350 e. The van der Waals surface area contributed by atoms with Gasteiger partial charge in [-0.15, -0.1) is 0 Å². The van der Waals surface area contributed by atoms with Gasteiger partial charge in [0, 0.05) is 25.5 Å². The molecule has 2 nitrogen and oxygen atoms in total. The van der Waals surface area contributed by atoms with Crippen molar-refractivity contribution >= 4 is 0 Å². The molecule has 0 atom stereocenters. The molecule has 0 spiro atoms. The number of nitrogens with one attached hydrogen (secondary N) is 1. The van der Waals surface area contributed by atoms with Crippen molar-refractivity contribution in [3.8, 4) is 0 Å². The summed E-state index contributed by atoms with van der Waals surface area (Å²) in [5.41, 5.74) is 5.45. The molecule has 0 bridgehead atoms. The van der Waals surface area contributed by atoms with Crippen LogP contribution in [0.15, 0.2) is 36.7 Å². The zero-order chi connectivity index (χ0) is 14.5. The van der Waals surface area contributed by atoms with Crippen LogP contribution in [-0.2, 0) is 13.1 Å². The maximum atomic E-state index is 3.48.